The number of carboxylic acid groups (broad SMARTS) is 1. The zero-order chi connectivity index (χ0) is 18.7. The summed E-state index contributed by atoms with van der Waals surface area (Å²) < 4.78 is 10.3. The predicted molar refractivity (Wildman–Crippen MR) is 86.0 cm³/mol. The molecule has 2 rings (SSSR count). The molecule has 132 valence electrons. The summed E-state index contributed by atoms with van der Waals surface area (Å²) in [6.45, 7) is 2.97. The molecule has 1 aromatic carbocycles. The number of carbonyl (C=O) groups is 2. The van der Waals surface area contributed by atoms with E-state index in [1.807, 2.05) is 0 Å². The van der Waals surface area contributed by atoms with E-state index in [0.717, 1.165) is 6.07 Å². The summed E-state index contributed by atoms with van der Waals surface area (Å²) in [4.78, 5) is 33.7. The Bertz CT molecular complexity index is 854. The molecule has 0 saturated carbocycles. The summed E-state index contributed by atoms with van der Waals surface area (Å²) in [5.74, 6) is -0.993. The first-order chi connectivity index (χ1) is 11.7. The van der Waals surface area contributed by atoms with Crippen LogP contribution in [0.1, 0.15) is 37.8 Å². The van der Waals surface area contributed by atoms with E-state index in [9.17, 15) is 19.7 Å². The number of nitro groups is 1. The summed E-state index contributed by atoms with van der Waals surface area (Å²) in [7, 11) is 1.35. The van der Waals surface area contributed by atoms with E-state index in [2.05, 4.69) is 5.32 Å². The first-order valence-electron chi connectivity index (χ1n) is 7.18. The van der Waals surface area contributed by atoms with E-state index in [1.165, 1.54) is 33.1 Å². The molecule has 2 N–H and O–H groups in total. The molecule has 0 aliphatic heterocycles. The Morgan fingerprint density at radius 3 is 2.52 bits per heavy atom. The molecular formula is C16H16N2O7. The molecule has 0 saturated heterocycles. The lowest BCUT2D eigenvalue weighted by Crippen LogP contribution is -2.22. The number of aryl methyl sites for hydroxylation is 1. The maximum Gasteiger partial charge on any atom is 0.339 e. The fourth-order valence-electron chi connectivity index (χ4n) is 2.32. The van der Waals surface area contributed by atoms with Crippen molar-refractivity contribution in [2.24, 2.45) is 0 Å². The molecule has 0 spiro atoms. The first kappa shape index (κ1) is 18.0. The van der Waals surface area contributed by atoms with E-state index in [-0.39, 0.29) is 40.6 Å². The van der Waals surface area contributed by atoms with Crippen LogP contribution in [0.25, 0.3) is 0 Å². The monoisotopic (exact) mass is 348 g/mol. The second-order valence-electron chi connectivity index (χ2n) is 5.25. The molecule has 1 heterocycles. The fourth-order valence-corrected chi connectivity index (χ4v) is 2.32. The molecule has 1 amide bonds. The van der Waals surface area contributed by atoms with Crippen LogP contribution in [-0.2, 0) is 6.54 Å². The van der Waals surface area contributed by atoms with Crippen LogP contribution in [0.4, 0.5) is 5.69 Å². The minimum absolute atomic E-state index is 0.0110. The Labute approximate surface area is 142 Å². The maximum atomic E-state index is 12.3. The van der Waals surface area contributed by atoms with Crippen molar-refractivity contribution in [1.82, 2.24) is 5.32 Å². The molecule has 0 bridgehead atoms. The Balaban J connectivity index is 2.21. The average Bonchev–Trinajstić information content (AvgIpc) is 2.93. The highest BCUT2D eigenvalue weighted by molar-refractivity contribution is 5.95. The van der Waals surface area contributed by atoms with Gasteiger partial charge in [0.2, 0.25) is 0 Å². The van der Waals surface area contributed by atoms with Crippen LogP contribution in [0.3, 0.4) is 0 Å². The zero-order valence-electron chi connectivity index (χ0n) is 13.8. The molecule has 0 radical (unpaired) electrons. The molecule has 0 fully saturated rings. The van der Waals surface area contributed by atoms with Crippen molar-refractivity contribution in [3.8, 4) is 5.75 Å². The van der Waals surface area contributed by atoms with Crippen molar-refractivity contribution >= 4 is 17.6 Å². The number of nitrogens with one attached hydrogen (secondary N) is 1. The van der Waals surface area contributed by atoms with E-state index in [4.69, 9.17) is 14.3 Å². The van der Waals surface area contributed by atoms with Crippen molar-refractivity contribution in [3.63, 3.8) is 0 Å². The van der Waals surface area contributed by atoms with Crippen molar-refractivity contribution in [1.29, 1.82) is 0 Å². The van der Waals surface area contributed by atoms with Gasteiger partial charge in [-0.2, -0.15) is 0 Å². The van der Waals surface area contributed by atoms with Crippen LogP contribution in [0.5, 0.6) is 5.75 Å². The van der Waals surface area contributed by atoms with Gasteiger partial charge in [0.05, 0.1) is 24.1 Å². The van der Waals surface area contributed by atoms with Crippen LogP contribution in [-0.4, -0.2) is 29.0 Å². The highest BCUT2D eigenvalue weighted by Crippen LogP contribution is 2.29. The second-order valence-corrected chi connectivity index (χ2v) is 5.25. The molecular weight excluding hydrogens is 332 g/mol. The fraction of sp³-hybridized carbons (Fsp3) is 0.250. The third-order valence-corrected chi connectivity index (χ3v) is 3.63. The smallest absolute Gasteiger partial charge is 0.339 e. The summed E-state index contributed by atoms with van der Waals surface area (Å²) in [5, 5.41) is 22.6. The number of amides is 1. The average molecular weight is 348 g/mol. The lowest BCUT2D eigenvalue weighted by molar-refractivity contribution is -0.385. The number of carbonyl (C=O) groups excluding carboxylic acids is 1. The topological polar surface area (TPSA) is 132 Å². The minimum atomic E-state index is -1.13. The Kier molecular flexibility index (Phi) is 5.06. The van der Waals surface area contributed by atoms with Crippen molar-refractivity contribution in [2.45, 2.75) is 20.4 Å². The number of rotatable bonds is 6. The van der Waals surface area contributed by atoms with Crippen molar-refractivity contribution in [3.05, 3.63) is 56.5 Å². The van der Waals surface area contributed by atoms with E-state index in [0.29, 0.717) is 5.56 Å². The molecule has 25 heavy (non-hydrogen) atoms. The number of ether oxygens (including phenoxy) is 1. The summed E-state index contributed by atoms with van der Waals surface area (Å²) in [6, 6.07) is 3.87. The van der Waals surface area contributed by atoms with Crippen LogP contribution >= 0.6 is 0 Å². The van der Waals surface area contributed by atoms with E-state index in [1.54, 1.807) is 0 Å². The van der Waals surface area contributed by atoms with Gasteiger partial charge in [0.15, 0.2) is 0 Å². The molecule has 2 aromatic rings. The lowest BCUT2D eigenvalue weighted by atomic mass is 10.1. The largest absolute Gasteiger partial charge is 0.496 e. The quantitative estimate of drug-likeness (QED) is 0.605. The number of methoxy groups -OCH3 is 1. The van der Waals surface area contributed by atoms with Gasteiger partial charge in [-0.05, 0) is 26.0 Å². The highest BCUT2D eigenvalue weighted by atomic mass is 16.6. The molecule has 1 aromatic heterocycles. The van der Waals surface area contributed by atoms with Gasteiger partial charge in [0.1, 0.15) is 22.8 Å². The number of aromatic carboxylic acids is 1. The predicted octanol–water partition coefficient (Wildman–Crippen LogP) is 2.44. The van der Waals surface area contributed by atoms with Gasteiger partial charge in [0.25, 0.3) is 11.6 Å². The number of carboxylic acids is 1. The zero-order valence-corrected chi connectivity index (χ0v) is 13.8. The van der Waals surface area contributed by atoms with Gasteiger partial charge in [-0.15, -0.1) is 0 Å². The summed E-state index contributed by atoms with van der Waals surface area (Å²) >= 11 is 0. The normalized spacial score (nSPS) is 10.4. The number of nitrogens with zero attached hydrogens (tertiary/aromatic N) is 1. The second kappa shape index (κ2) is 7.04. The number of furan rings is 1. The third-order valence-electron chi connectivity index (χ3n) is 3.63. The van der Waals surface area contributed by atoms with E-state index >= 15 is 0 Å². The Hall–Kier alpha value is -3.36. The van der Waals surface area contributed by atoms with Gasteiger partial charge in [0, 0.05) is 11.6 Å². The molecule has 9 nitrogen and oxygen atoms in total. The van der Waals surface area contributed by atoms with Crippen molar-refractivity contribution in [2.75, 3.05) is 7.11 Å². The van der Waals surface area contributed by atoms with Gasteiger partial charge < -0.3 is 19.6 Å². The van der Waals surface area contributed by atoms with Crippen LogP contribution < -0.4 is 10.1 Å². The molecule has 0 aliphatic rings. The summed E-state index contributed by atoms with van der Waals surface area (Å²) in [6.07, 6.45) is 0. The molecule has 0 unspecified atom stereocenters. The minimum Gasteiger partial charge on any atom is -0.496 e. The van der Waals surface area contributed by atoms with Gasteiger partial charge in [-0.3, -0.25) is 14.9 Å². The number of hydrogen-bond donors (Lipinski definition) is 2. The Morgan fingerprint density at radius 2 is 2.00 bits per heavy atom. The van der Waals surface area contributed by atoms with Crippen LogP contribution in [0, 0.1) is 24.0 Å². The lowest BCUT2D eigenvalue weighted by Gasteiger charge is -2.09. The molecule has 0 atom stereocenters. The number of hydrogen-bond acceptors (Lipinski definition) is 6. The molecule has 0 aliphatic carbocycles. The standard InChI is InChI=1S/C16H16N2O7/c1-8-13(18(22)23)4-10(5-14(8)24-3)15(19)17-7-11-6-12(16(20)21)9(2)25-11/h4-6H,7H2,1-3H3,(H,17,19)(H,20,21). The molecule has 9 heteroatoms. The van der Waals surface area contributed by atoms with E-state index < -0.39 is 16.8 Å². The first-order valence-corrected chi connectivity index (χ1v) is 7.18. The van der Waals surface area contributed by atoms with Gasteiger partial charge in [-0.25, -0.2) is 4.79 Å². The van der Waals surface area contributed by atoms with Gasteiger partial charge in [-0.1, -0.05) is 0 Å². The number of benzene rings is 1. The Morgan fingerprint density at radius 1 is 1.32 bits per heavy atom. The number of nitro benzene ring substituents is 1. The van der Waals surface area contributed by atoms with Crippen LogP contribution in [0.15, 0.2) is 22.6 Å². The SMILES string of the molecule is COc1cc(C(=O)NCc2cc(C(=O)O)c(C)o2)cc([N+](=O)[O-])c1C. The highest BCUT2D eigenvalue weighted by Gasteiger charge is 2.20. The van der Waals surface area contributed by atoms with Crippen molar-refractivity contribution < 1.29 is 28.8 Å². The maximum absolute atomic E-state index is 12.3. The third kappa shape index (κ3) is 3.77. The van der Waals surface area contributed by atoms with Crippen LogP contribution in [0.2, 0.25) is 0 Å². The van der Waals surface area contributed by atoms with Gasteiger partial charge >= 0.3 is 5.97 Å². The summed E-state index contributed by atoms with van der Waals surface area (Å²) in [5.41, 5.74) is 0.149.